The summed E-state index contributed by atoms with van der Waals surface area (Å²) in [6.45, 7) is 3.52. The van der Waals surface area contributed by atoms with Crippen LogP contribution in [-0.2, 0) is 7.05 Å². The fourth-order valence-corrected chi connectivity index (χ4v) is 4.15. The number of rotatable bonds is 3. The average molecular weight is 368 g/mol. The molecule has 0 atom stereocenters. The van der Waals surface area contributed by atoms with Gasteiger partial charge in [0.15, 0.2) is 0 Å². The quantitative estimate of drug-likeness (QED) is 0.905. The molecule has 1 aliphatic carbocycles. The third-order valence-electron chi connectivity index (χ3n) is 5.73. The maximum Gasteiger partial charge on any atom is 0.323 e. The van der Waals surface area contributed by atoms with Gasteiger partial charge < -0.3 is 4.90 Å². The molecule has 2 fully saturated rings. The van der Waals surface area contributed by atoms with Crippen LogP contribution in [0.1, 0.15) is 32.1 Å². The molecule has 1 saturated heterocycles. The maximum absolute atomic E-state index is 12.7. The van der Waals surface area contributed by atoms with Crippen molar-refractivity contribution in [1.29, 1.82) is 0 Å². The van der Waals surface area contributed by atoms with E-state index in [-0.39, 0.29) is 6.03 Å². The number of piperazine rings is 1. The summed E-state index contributed by atoms with van der Waals surface area (Å²) in [5.74, 6) is 0.690. The fraction of sp³-hybridized carbons (Fsp3) is 0.550. The van der Waals surface area contributed by atoms with Crippen LogP contribution in [0.4, 0.5) is 10.6 Å². The second-order valence-electron chi connectivity index (χ2n) is 7.50. The molecule has 3 heterocycles. The molecule has 4 rings (SSSR count). The Balaban J connectivity index is 1.34. The highest BCUT2D eigenvalue weighted by molar-refractivity contribution is 5.89. The zero-order chi connectivity index (χ0) is 18.6. The Morgan fingerprint density at radius 1 is 1.07 bits per heavy atom. The predicted molar refractivity (Wildman–Crippen MR) is 105 cm³/mol. The standard InChI is InChI=1S/C20H28N6O/c1-24-19(15-18(23-24)17-9-5-6-10-21-17)22-20(27)26-13-11-25(12-14-26)16-7-3-2-4-8-16/h5-6,9-10,15-16H,2-4,7-8,11-14H2,1H3,(H,22,27). The van der Waals surface area contributed by atoms with Crippen LogP contribution in [0.5, 0.6) is 0 Å². The minimum absolute atomic E-state index is 0.0473. The topological polar surface area (TPSA) is 66.3 Å². The number of pyridine rings is 1. The van der Waals surface area contributed by atoms with Crippen LogP contribution in [0.25, 0.3) is 11.4 Å². The van der Waals surface area contributed by atoms with Gasteiger partial charge >= 0.3 is 6.03 Å². The van der Waals surface area contributed by atoms with Gasteiger partial charge in [-0.05, 0) is 25.0 Å². The van der Waals surface area contributed by atoms with E-state index in [0.29, 0.717) is 5.82 Å². The highest BCUT2D eigenvalue weighted by Gasteiger charge is 2.27. The summed E-state index contributed by atoms with van der Waals surface area (Å²) in [5, 5.41) is 7.47. The number of nitrogens with zero attached hydrogens (tertiary/aromatic N) is 5. The van der Waals surface area contributed by atoms with E-state index in [1.165, 1.54) is 32.1 Å². The third kappa shape index (κ3) is 4.13. The van der Waals surface area contributed by atoms with Crippen molar-refractivity contribution in [3.8, 4) is 11.4 Å². The van der Waals surface area contributed by atoms with E-state index in [1.807, 2.05) is 36.2 Å². The minimum Gasteiger partial charge on any atom is -0.322 e. The molecule has 0 spiro atoms. The molecule has 0 unspecified atom stereocenters. The van der Waals surface area contributed by atoms with Crippen molar-refractivity contribution < 1.29 is 4.79 Å². The Morgan fingerprint density at radius 2 is 1.85 bits per heavy atom. The van der Waals surface area contributed by atoms with Crippen LogP contribution in [0.15, 0.2) is 30.5 Å². The van der Waals surface area contributed by atoms with Gasteiger partial charge in [0.25, 0.3) is 0 Å². The van der Waals surface area contributed by atoms with Gasteiger partial charge in [0, 0.05) is 51.5 Å². The molecular weight excluding hydrogens is 340 g/mol. The molecule has 1 saturated carbocycles. The Bertz CT molecular complexity index is 760. The van der Waals surface area contributed by atoms with Crippen LogP contribution in [0, 0.1) is 0 Å². The van der Waals surface area contributed by atoms with Crippen molar-refractivity contribution in [2.45, 2.75) is 38.1 Å². The third-order valence-corrected chi connectivity index (χ3v) is 5.73. The maximum atomic E-state index is 12.7. The summed E-state index contributed by atoms with van der Waals surface area (Å²) in [7, 11) is 1.84. The van der Waals surface area contributed by atoms with Gasteiger partial charge in [-0.1, -0.05) is 25.3 Å². The summed E-state index contributed by atoms with van der Waals surface area (Å²) >= 11 is 0. The number of hydrogen-bond donors (Lipinski definition) is 1. The average Bonchev–Trinajstić information content (AvgIpc) is 3.10. The van der Waals surface area contributed by atoms with Crippen LogP contribution in [0.3, 0.4) is 0 Å². The highest BCUT2D eigenvalue weighted by atomic mass is 16.2. The van der Waals surface area contributed by atoms with E-state index in [2.05, 4.69) is 20.3 Å². The molecule has 2 aromatic heterocycles. The second kappa shape index (κ2) is 8.08. The van der Waals surface area contributed by atoms with Crippen molar-refractivity contribution in [2.24, 2.45) is 7.05 Å². The van der Waals surface area contributed by atoms with E-state index in [4.69, 9.17) is 0 Å². The molecule has 1 aliphatic heterocycles. The number of amides is 2. The molecular formula is C20H28N6O. The Morgan fingerprint density at radius 3 is 2.56 bits per heavy atom. The Kier molecular flexibility index (Phi) is 5.38. The van der Waals surface area contributed by atoms with Crippen molar-refractivity contribution in [3.05, 3.63) is 30.5 Å². The summed E-state index contributed by atoms with van der Waals surface area (Å²) in [6.07, 6.45) is 8.46. The second-order valence-corrected chi connectivity index (χ2v) is 7.50. The molecule has 7 heteroatoms. The lowest BCUT2D eigenvalue weighted by Crippen LogP contribution is -2.53. The number of carbonyl (C=O) groups is 1. The number of aromatic nitrogens is 3. The molecule has 0 aromatic carbocycles. The van der Waals surface area contributed by atoms with E-state index in [9.17, 15) is 4.79 Å². The van der Waals surface area contributed by atoms with Crippen molar-refractivity contribution in [2.75, 3.05) is 31.5 Å². The Hall–Kier alpha value is -2.41. The van der Waals surface area contributed by atoms with Gasteiger partial charge in [-0.2, -0.15) is 5.10 Å². The number of hydrogen-bond acceptors (Lipinski definition) is 4. The van der Waals surface area contributed by atoms with Crippen LogP contribution in [-0.4, -0.2) is 62.8 Å². The smallest absolute Gasteiger partial charge is 0.322 e. The number of aryl methyl sites for hydroxylation is 1. The SMILES string of the molecule is Cn1nc(-c2ccccn2)cc1NC(=O)N1CCN(C2CCCCC2)CC1. The molecule has 27 heavy (non-hydrogen) atoms. The van der Waals surface area contributed by atoms with E-state index < -0.39 is 0 Å². The van der Waals surface area contributed by atoms with Crippen LogP contribution in [0.2, 0.25) is 0 Å². The first kappa shape index (κ1) is 18.0. The van der Waals surface area contributed by atoms with Gasteiger partial charge in [0.1, 0.15) is 11.5 Å². The van der Waals surface area contributed by atoms with Crippen molar-refractivity contribution >= 4 is 11.8 Å². The number of anilines is 1. The van der Waals surface area contributed by atoms with E-state index in [1.54, 1.807) is 10.9 Å². The fourth-order valence-electron chi connectivity index (χ4n) is 4.15. The summed E-state index contributed by atoms with van der Waals surface area (Å²) < 4.78 is 1.69. The largest absolute Gasteiger partial charge is 0.323 e. The molecule has 144 valence electrons. The molecule has 0 radical (unpaired) electrons. The highest BCUT2D eigenvalue weighted by Crippen LogP contribution is 2.24. The zero-order valence-corrected chi connectivity index (χ0v) is 16.0. The first-order valence-electron chi connectivity index (χ1n) is 9.96. The van der Waals surface area contributed by atoms with Gasteiger partial charge in [-0.25, -0.2) is 4.79 Å². The van der Waals surface area contributed by atoms with Crippen molar-refractivity contribution in [3.63, 3.8) is 0 Å². The number of urea groups is 1. The molecule has 2 aliphatic rings. The van der Waals surface area contributed by atoms with Gasteiger partial charge in [0.05, 0.1) is 5.69 Å². The van der Waals surface area contributed by atoms with E-state index >= 15 is 0 Å². The van der Waals surface area contributed by atoms with Crippen LogP contribution >= 0.6 is 0 Å². The number of nitrogens with one attached hydrogen (secondary N) is 1. The van der Waals surface area contributed by atoms with E-state index in [0.717, 1.165) is 43.6 Å². The Labute approximate surface area is 160 Å². The lowest BCUT2D eigenvalue weighted by atomic mass is 9.94. The summed E-state index contributed by atoms with van der Waals surface area (Å²) in [6, 6.07) is 8.27. The minimum atomic E-state index is -0.0473. The van der Waals surface area contributed by atoms with Crippen molar-refractivity contribution in [1.82, 2.24) is 24.6 Å². The first-order chi connectivity index (χ1) is 13.2. The molecule has 2 aromatic rings. The monoisotopic (exact) mass is 368 g/mol. The lowest BCUT2D eigenvalue weighted by Gasteiger charge is -2.40. The summed E-state index contributed by atoms with van der Waals surface area (Å²) in [4.78, 5) is 21.5. The van der Waals surface area contributed by atoms with Gasteiger partial charge in [-0.15, -0.1) is 0 Å². The first-order valence-corrected chi connectivity index (χ1v) is 9.96. The molecule has 0 bridgehead atoms. The molecule has 2 amide bonds. The zero-order valence-electron chi connectivity index (χ0n) is 16.0. The van der Waals surface area contributed by atoms with Gasteiger partial charge in [-0.3, -0.25) is 19.9 Å². The normalized spacial score (nSPS) is 19.2. The van der Waals surface area contributed by atoms with Gasteiger partial charge in [0.2, 0.25) is 0 Å². The molecule has 1 N–H and O–H groups in total. The number of carbonyl (C=O) groups excluding carboxylic acids is 1. The molecule has 7 nitrogen and oxygen atoms in total. The lowest BCUT2D eigenvalue weighted by molar-refractivity contribution is 0.0942. The predicted octanol–water partition coefficient (Wildman–Crippen LogP) is 2.96. The summed E-state index contributed by atoms with van der Waals surface area (Å²) in [5.41, 5.74) is 1.56. The van der Waals surface area contributed by atoms with Crippen LogP contribution < -0.4 is 5.32 Å².